The van der Waals surface area contributed by atoms with Crippen LogP contribution in [0.1, 0.15) is 10.6 Å². The standard InChI is InChI=1S/C9H13BF3N2S.K/c1-7(10(11,12)13)4-15(3)5-9-8(2)14-6-16-9;/h6H,1,4-5H2,2-3H3;/q-1;+1. The topological polar surface area (TPSA) is 16.1 Å². The summed E-state index contributed by atoms with van der Waals surface area (Å²) in [5, 5.41) is 0. The average Bonchev–Trinajstić information content (AvgIpc) is 2.50. The van der Waals surface area contributed by atoms with E-state index in [1.54, 1.807) is 17.5 Å². The number of aryl methyl sites for hydroxylation is 1. The third-order valence-corrected chi connectivity index (χ3v) is 3.11. The van der Waals surface area contributed by atoms with E-state index in [4.69, 9.17) is 0 Å². The van der Waals surface area contributed by atoms with Gasteiger partial charge < -0.3 is 17.8 Å². The summed E-state index contributed by atoms with van der Waals surface area (Å²) in [5.41, 5.74) is 1.91. The van der Waals surface area contributed by atoms with Gasteiger partial charge in [-0.05, 0) is 20.5 Å². The second-order valence-electron chi connectivity index (χ2n) is 3.77. The van der Waals surface area contributed by atoms with Gasteiger partial charge in [-0.2, -0.15) is 0 Å². The maximum atomic E-state index is 12.3. The van der Waals surface area contributed by atoms with Gasteiger partial charge >= 0.3 is 58.4 Å². The van der Waals surface area contributed by atoms with Crippen LogP contribution in [0.5, 0.6) is 0 Å². The Kier molecular flexibility index (Phi) is 7.78. The third-order valence-electron chi connectivity index (χ3n) is 2.19. The van der Waals surface area contributed by atoms with E-state index >= 15 is 0 Å². The number of hydrogen-bond acceptors (Lipinski definition) is 3. The fourth-order valence-corrected chi connectivity index (χ4v) is 2.09. The van der Waals surface area contributed by atoms with Crippen molar-refractivity contribution in [1.82, 2.24) is 9.88 Å². The van der Waals surface area contributed by atoms with Crippen molar-refractivity contribution in [3.63, 3.8) is 0 Å². The van der Waals surface area contributed by atoms with E-state index in [2.05, 4.69) is 11.6 Å². The summed E-state index contributed by atoms with van der Waals surface area (Å²) in [7, 11) is 1.64. The molecule has 2 nitrogen and oxygen atoms in total. The van der Waals surface area contributed by atoms with Crippen molar-refractivity contribution >= 4 is 18.3 Å². The van der Waals surface area contributed by atoms with Crippen LogP contribution in [0.15, 0.2) is 17.6 Å². The summed E-state index contributed by atoms with van der Waals surface area (Å²) in [6.45, 7) is 0.309. The molecule has 1 aromatic rings. The number of rotatable bonds is 5. The number of thiazole rings is 1. The fourth-order valence-electron chi connectivity index (χ4n) is 1.23. The van der Waals surface area contributed by atoms with Gasteiger partial charge in [0.1, 0.15) is 0 Å². The second-order valence-corrected chi connectivity index (χ2v) is 4.71. The first-order valence-corrected chi connectivity index (χ1v) is 5.63. The van der Waals surface area contributed by atoms with Gasteiger partial charge in [0.15, 0.2) is 0 Å². The van der Waals surface area contributed by atoms with Crippen LogP contribution < -0.4 is 51.4 Å². The summed E-state index contributed by atoms with van der Waals surface area (Å²) < 4.78 is 36.9. The summed E-state index contributed by atoms with van der Waals surface area (Å²) >= 11 is 1.45. The summed E-state index contributed by atoms with van der Waals surface area (Å²) in [6.07, 6.45) is 0. The van der Waals surface area contributed by atoms with Crippen molar-refractivity contribution in [2.45, 2.75) is 13.5 Å². The van der Waals surface area contributed by atoms with Gasteiger partial charge in [0.2, 0.25) is 0 Å². The van der Waals surface area contributed by atoms with Gasteiger partial charge in [-0.1, -0.05) is 0 Å². The van der Waals surface area contributed by atoms with Gasteiger partial charge in [0.05, 0.1) is 11.2 Å². The maximum Gasteiger partial charge on any atom is 1.00 e. The molecule has 0 fully saturated rings. The number of hydrogen-bond donors (Lipinski definition) is 0. The second kappa shape index (κ2) is 7.42. The van der Waals surface area contributed by atoms with Gasteiger partial charge in [-0.25, -0.2) is 4.98 Å². The maximum absolute atomic E-state index is 12.3. The predicted octanol–water partition coefficient (Wildman–Crippen LogP) is -0.170. The Hall–Kier alpha value is 0.821. The Morgan fingerprint density at radius 1 is 1.53 bits per heavy atom. The number of halogens is 3. The molecule has 1 heterocycles. The first-order chi connectivity index (χ1) is 7.30. The van der Waals surface area contributed by atoms with E-state index in [1.807, 2.05) is 6.92 Å². The fraction of sp³-hybridized carbons (Fsp3) is 0.444. The molecular weight excluding hydrogens is 275 g/mol. The van der Waals surface area contributed by atoms with Gasteiger partial charge in [-0.3, -0.25) is 0 Å². The van der Waals surface area contributed by atoms with Gasteiger partial charge in [0.25, 0.3) is 0 Å². The van der Waals surface area contributed by atoms with E-state index in [-0.39, 0.29) is 57.9 Å². The minimum absolute atomic E-state index is 0. The molecule has 0 N–H and O–H groups in total. The molecule has 1 rings (SSSR count). The molecule has 8 heteroatoms. The smallest absolute Gasteiger partial charge is 0.445 e. The van der Waals surface area contributed by atoms with Crippen LogP contribution in [0.4, 0.5) is 12.9 Å². The van der Waals surface area contributed by atoms with Crippen LogP contribution in [-0.2, 0) is 6.54 Å². The molecule has 0 radical (unpaired) electrons. The molecule has 0 amide bonds. The average molecular weight is 288 g/mol. The normalized spacial score (nSPS) is 11.4. The molecule has 0 aliphatic carbocycles. The molecule has 0 saturated heterocycles. The van der Waals surface area contributed by atoms with E-state index < -0.39 is 12.4 Å². The molecular formula is C9H13BF3KN2S. The molecule has 0 saturated carbocycles. The Morgan fingerprint density at radius 3 is 2.53 bits per heavy atom. The van der Waals surface area contributed by atoms with Crippen LogP contribution in [0.2, 0.25) is 0 Å². The number of nitrogens with zero attached hydrogens (tertiary/aromatic N) is 2. The van der Waals surface area contributed by atoms with Crippen LogP contribution in [-0.4, -0.2) is 30.5 Å². The predicted molar refractivity (Wildman–Crippen MR) is 61.4 cm³/mol. The van der Waals surface area contributed by atoms with Crippen molar-refractivity contribution in [2.24, 2.45) is 0 Å². The van der Waals surface area contributed by atoms with E-state index in [9.17, 15) is 12.9 Å². The quantitative estimate of drug-likeness (QED) is 0.699. The van der Waals surface area contributed by atoms with Crippen LogP contribution in [0.25, 0.3) is 0 Å². The largest absolute Gasteiger partial charge is 1.00 e. The molecule has 90 valence electrons. The zero-order valence-corrected chi connectivity index (χ0v) is 14.2. The molecule has 17 heavy (non-hydrogen) atoms. The van der Waals surface area contributed by atoms with Crippen molar-refractivity contribution in [3.8, 4) is 0 Å². The SMILES string of the molecule is C=C(CN(C)Cc1scnc1C)[B-](F)(F)F.[K+]. The number of aromatic nitrogens is 1. The molecule has 0 spiro atoms. The molecule has 0 aliphatic rings. The van der Waals surface area contributed by atoms with E-state index in [0.717, 1.165) is 10.6 Å². The monoisotopic (exact) mass is 288 g/mol. The Balaban J connectivity index is 0.00000256. The summed E-state index contributed by atoms with van der Waals surface area (Å²) in [4.78, 5) is 6.63. The van der Waals surface area contributed by atoms with Crippen molar-refractivity contribution < 1.29 is 64.3 Å². The first-order valence-electron chi connectivity index (χ1n) is 4.76. The molecule has 1 aromatic heterocycles. The molecule has 0 aliphatic heterocycles. The van der Waals surface area contributed by atoms with Crippen LogP contribution >= 0.6 is 11.3 Å². The molecule has 0 aromatic carbocycles. The first kappa shape index (κ1) is 17.8. The Morgan fingerprint density at radius 2 is 2.12 bits per heavy atom. The van der Waals surface area contributed by atoms with Crippen molar-refractivity contribution in [2.75, 3.05) is 13.6 Å². The molecule has 0 unspecified atom stereocenters. The molecule has 0 bridgehead atoms. The van der Waals surface area contributed by atoms with Crippen molar-refractivity contribution in [1.29, 1.82) is 0 Å². The molecule has 0 atom stereocenters. The summed E-state index contributed by atoms with van der Waals surface area (Å²) in [6, 6.07) is 0. The zero-order valence-electron chi connectivity index (χ0n) is 10.2. The van der Waals surface area contributed by atoms with Gasteiger partial charge in [-0.15, -0.1) is 23.4 Å². The Labute approximate surface area is 146 Å². The number of likely N-dealkylation sites (N-methyl/N-ethyl adjacent to an activating group) is 1. The minimum atomic E-state index is -4.93. The minimum Gasteiger partial charge on any atom is -0.445 e. The summed E-state index contributed by atoms with van der Waals surface area (Å²) in [5.74, 6) is 0. The van der Waals surface area contributed by atoms with Crippen LogP contribution in [0.3, 0.4) is 0 Å². The van der Waals surface area contributed by atoms with Crippen molar-refractivity contribution in [3.05, 3.63) is 28.1 Å². The third kappa shape index (κ3) is 6.00. The Bertz CT molecular complexity index is 381. The van der Waals surface area contributed by atoms with E-state index in [1.165, 1.54) is 11.3 Å². The van der Waals surface area contributed by atoms with Crippen LogP contribution in [0, 0.1) is 6.92 Å². The zero-order chi connectivity index (χ0) is 12.3. The van der Waals surface area contributed by atoms with Gasteiger partial charge in [0, 0.05) is 11.4 Å². The van der Waals surface area contributed by atoms with E-state index in [0.29, 0.717) is 6.54 Å².